The molecule has 0 aliphatic heterocycles. The number of benzene rings is 1. The van der Waals surface area contributed by atoms with Gasteiger partial charge in [-0.2, -0.15) is 0 Å². The van der Waals surface area contributed by atoms with Crippen LogP contribution >= 0.6 is 0 Å². The largest absolute Gasteiger partial charge is 0.508 e. The molecule has 0 unspecified atom stereocenters. The van der Waals surface area contributed by atoms with E-state index in [-0.39, 0.29) is 5.54 Å². The molecule has 0 amide bonds. The van der Waals surface area contributed by atoms with Gasteiger partial charge in [0.25, 0.3) is 0 Å². The van der Waals surface area contributed by atoms with Gasteiger partial charge in [-0.05, 0) is 37.1 Å². The highest BCUT2D eigenvalue weighted by Gasteiger charge is 2.32. The second kappa shape index (κ2) is 4.88. The van der Waals surface area contributed by atoms with Gasteiger partial charge in [0.15, 0.2) is 0 Å². The van der Waals surface area contributed by atoms with Crippen LogP contribution in [0.5, 0.6) is 5.75 Å². The van der Waals surface area contributed by atoms with Crippen molar-refractivity contribution in [1.82, 2.24) is 5.32 Å². The molecule has 0 heterocycles. The van der Waals surface area contributed by atoms with Gasteiger partial charge in [0.1, 0.15) is 5.75 Å². The van der Waals surface area contributed by atoms with Crippen LogP contribution in [0, 0.1) is 0 Å². The lowest BCUT2D eigenvalue weighted by Crippen LogP contribution is -2.43. The predicted molar refractivity (Wildman–Crippen MR) is 66.5 cm³/mol. The zero-order valence-electron chi connectivity index (χ0n) is 10.00. The highest BCUT2D eigenvalue weighted by atomic mass is 16.3. The Morgan fingerprint density at radius 1 is 1.25 bits per heavy atom. The summed E-state index contributed by atoms with van der Waals surface area (Å²) < 4.78 is 0. The third-order valence-electron chi connectivity index (χ3n) is 3.62. The fraction of sp³-hybridized carbons (Fsp3) is 0.571. The highest BCUT2D eigenvalue weighted by molar-refractivity contribution is 5.33. The van der Waals surface area contributed by atoms with Crippen LogP contribution < -0.4 is 5.32 Å². The van der Waals surface area contributed by atoms with Crippen molar-refractivity contribution in [2.45, 2.75) is 44.6 Å². The van der Waals surface area contributed by atoms with E-state index in [1.807, 2.05) is 12.1 Å². The van der Waals surface area contributed by atoms with Crippen molar-refractivity contribution in [3.05, 3.63) is 29.8 Å². The Morgan fingerprint density at radius 3 is 2.62 bits per heavy atom. The van der Waals surface area contributed by atoms with E-state index in [0.29, 0.717) is 5.75 Å². The first-order valence-corrected chi connectivity index (χ1v) is 6.31. The molecule has 1 aromatic rings. The molecule has 0 aromatic heterocycles. The maximum Gasteiger partial charge on any atom is 0.115 e. The van der Waals surface area contributed by atoms with Crippen LogP contribution in [-0.4, -0.2) is 11.7 Å². The summed E-state index contributed by atoms with van der Waals surface area (Å²) >= 11 is 0. The Bertz CT molecular complexity index is 337. The molecule has 2 rings (SSSR count). The summed E-state index contributed by atoms with van der Waals surface area (Å²) in [5.41, 5.74) is 1.35. The molecule has 1 aromatic carbocycles. The maximum atomic E-state index is 9.60. The molecule has 1 aliphatic rings. The number of phenolic OH excluding ortho intramolecular Hbond substituents is 1. The van der Waals surface area contributed by atoms with Gasteiger partial charge in [-0.1, -0.05) is 38.3 Å². The normalized spacial score (nSPS) is 19.6. The first kappa shape index (κ1) is 11.5. The molecule has 16 heavy (non-hydrogen) atoms. The van der Waals surface area contributed by atoms with Gasteiger partial charge < -0.3 is 10.4 Å². The monoisotopic (exact) mass is 219 g/mol. The number of aromatic hydroxyl groups is 1. The topological polar surface area (TPSA) is 32.3 Å². The standard InChI is InChI=1S/C14H21NO/c1-2-15-14(9-4-3-5-10-14)12-7-6-8-13(16)11-12/h6-8,11,15-16H,2-5,9-10H2,1H3. The summed E-state index contributed by atoms with van der Waals surface area (Å²) in [7, 11) is 0. The average molecular weight is 219 g/mol. The molecule has 0 bridgehead atoms. The summed E-state index contributed by atoms with van der Waals surface area (Å²) in [6.45, 7) is 3.13. The van der Waals surface area contributed by atoms with Crippen molar-refractivity contribution in [2.24, 2.45) is 0 Å². The maximum absolute atomic E-state index is 9.60. The number of hydrogen-bond donors (Lipinski definition) is 2. The minimum atomic E-state index is 0.103. The van der Waals surface area contributed by atoms with E-state index in [1.165, 1.54) is 37.7 Å². The van der Waals surface area contributed by atoms with Gasteiger partial charge in [-0.25, -0.2) is 0 Å². The van der Waals surface area contributed by atoms with Crippen molar-refractivity contribution in [1.29, 1.82) is 0 Å². The fourth-order valence-electron chi connectivity index (χ4n) is 2.86. The molecule has 88 valence electrons. The second-order valence-electron chi connectivity index (χ2n) is 4.72. The van der Waals surface area contributed by atoms with Crippen molar-refractivity contribution >= 4 is 0 Å². The van der Waals surface area contributed by atoms with E-state index < -0.39 is 0 Å². The van der Waals surface area contributed by atoms with Gasteiger partial charge >= 0.3 is 0 Å². The lowest BCUT2D eigenvalue weighted by Gasteiger charge is -2.38. The van der Waals surface area contributed by atoms with E-state index in [1.54, 1.807) is 6.07 Å². The highest BCUT2D eigenvalue weighted by Crippen LogP contribution is 2.37. The van der Waals surface area contributed by atoms with Crippen molar-refractivity contribution in [3.63, 3.8) is 0 Å². The summed E-state index contributed by atoms with van der Waals surface area (Å²) in [6, 6.07) is 7.73. The van der Waals surface area contributed by atoms with Crippen LogP contribution in [0.3, 0.4) is 0 Å². The molecule has 0 saturated heterocycles. The van der Waals surface area contributed by atoms with Crippen molar-refractivity contribution < 1.29 is 5.11 Å². The fourth-order valence-corrected chi connectivity index (χ4v) is 2.86. The van der Waals surface area contributed by atoms with Crippen LogP contribution in [0.4, 0.5) is 0 Å². The number of nitrogens with one attached hydrogen (secondary N) is 1. The molecule has 2 nitrogen and oxygen atoms in total. The summed E-state index contributed by atoms with van der Waals surface area (Å²) in [6.07, 6.45) is 6.27. The smallest absolute Gasteiger partial charge is 0.115 e. The first-order valence-electron chi connectivity index (χ1n) is 6.31. The Kier molecular flexibility index (Phi) is 3.49. The van der Waals surface area contributed by atoms with E-state index in [4.69, 9.17) is 0 Å². The number of hydrogen-bond acceptors (Lipinski definition) is 2. The Labute approximate surface area is 97.7 Å². The zero-order chi connectivity index (χ0) is 11.4. The van der Waals surface area contributed by atoms with E-state index in [2.05, 4.69) is 18.3 Å². The molecule has 2 N–H and O–H groups in total. The Morgan fingerprint density at radius 2 is 2.00 bits per heavy atom. The van der Waals surface area contributed by atoms with Crippen LogP contribution in [0.2, 0.25) is 0 Å². The average Bonchev–Trinajstić information content (AvgIpc) is 2.31. The van der Waals surface area contributed by atoms with Crippen molar-refractivity contribution in [3.8, 4) is 5.75 Å². The molecular weight excluding hydrogens is 198 g/mol. The van der Waals surface area contributed by atoms with Crippen molar-refractivity contribution in [2.75, 3.05) is 6.54 Å². The third kappa shape index (κ3) is 2.22. The zero-order valence-corrected chi connectivity index (χ0v) is 10.00. The Hall–Kier alpha value is -1.02. The number of phenols is 1. The summed E-state index contributed by atoms with van der Waals surface area (Å²) in [5.74, 6) is 0.375. The molecule has 0 atom stereocenters. The van der Waals surface area contributed by atoms with Gasteiger partial charge in [0, 0.05) is 5.54 Å². The van der Waals surface area contributed by atoms with Gasteiger partial charge in [-0.3, -0.25) is 0 Å². The van der Waals surface area contributed by atoms with Gasteiger partial charge in [0.2, 0.25) is 0 Å². The summed E-state index contributed by atoms with van der Waals surface area (Å²) in [4.78, 5) is 0. The second-order valence-corrected chi connectivity index (χ2v) is 4.72. The number of rotatable bonds is 3. The van der Waals surface area contributed by atoms with Crippen LogP contribution in [0.15, 0.2) is 24.3 Å². The molecule has 1 saturated carbocycles. The molecule has 1 aliphatic carbocycles. The van der Waals surface area contributed by atoms with Crippen LogP contribution in [-0.2, 0) is 5.54 Å². The van der Waals surface area contributed by atoms with E-state index in [9.17, 15) is 5.11 Å². The van der Waals surface area contributed by atoms with Crippen LogP contribution in [0.25, 0.3) is 0 Å². The molecule has 1 fully saturated rings. The quantitative estimate of drug-likeness (QED) is 0.818. The Balaban J connectivity index is 2.30. The summed E-state index contributed by atoms with van der Waals surface area (Å²) in [5, 5.41) is 13.2. The van der Waals surface area contributed by atoms with Crippen LogP contribution in [0.1, 0.15) is 44.6 Å². The minimum absolute atomic E-state index is 0.103. The lowest BCUT2D eigenvalue weighted by atomic mass is 9.76. The SMILES string of the molecule is CCNC1(c2cccc(O)c2)CCCCC1. The molecule has 0 radical (unpaired) electrons. The molecular formula is C14H21NO. The minimum Gasteiger partial charge on any atom is -0.508 e. The molecule has 2 heteroatoms. The molecule has 0 spiro atoms. The first-order chi connectivity index (χ1) is 7.77. The van der Waals surface area contributed by atoms with E-state index in [0.717, 1.165) is 6.54 Å². The van der Waals surface area contributed by atoms with Gasteiger partial charge in [0.05, 0.1) is 0 Å². The third-order valence-corrected chi connectivity index (χ3v) is 3.62. The van der Waals surface area contributed by atoms with Gasteiger partial charge in [-0.15, -0.1) is 0 Å². The predicted octanol–water partition coefficient (Wildman–Crippen LogP) is 3.16. The lowest BCUT2D eigenvalue weighted by molar-refractivity contribution is 0.237. The van der Waals surface area contributed by atoms with E-state index >= 15 is 0 Å².